The summed E-state index contributed by atoms with van der Waals surface area (Å²) in [4.78, 5) is 2.68. The van der Waals surface area contributed by atoms with Crippen molar-refractivity contribution in [3.05, 3.63) is 42.0 Å². The SMILES string of the molecule is C=C(c1ccccc1C)C1CCCN(CC2CC2)C1. The standard InChI is InChI=1S/C18H25N/c1-14-6-3-4-8-18(14)15(2)17-7-5-11-19(13-17)12-16-9-10-16/h3-4,6,8,16-17H,2,5,7,9-13H2,1H3. The maximum absolute atomic E-state index is 4.41. The molecule has 1 saturated carbocycles. The predicted octanol–water partition coefficient (Wildman–Crippen LogP) is 4.13. The topological polar surface area (TPSA) is 3.24 Å². The van der Waals surface area contributed by atoms with Gasteiger partial charge in [0.2, 0.25) is 0 Å². The second-order valence-electron chi connectivity index (χ2n) is 6.38. The first-order valence-electron chi connectivity index (χ1n) is 7.71. The quantitative estimate of drug-likeness (QED) is 0.782. The van der Waals surface area contributed by atoms with Crippen molar-refractivity contribution >= 4 is 5.57 Å². The number of hydrogen-bond acceptors (Lipinski definition) is 1. The van der Waals surface area contributed by atoms with Gasteiger partial charge in [-0.05, 0) is 67.7 Å². The first-order chi connectivity index (χ1) is 9.24. The molecule has 1 unspecified atom stereocenters. The second kappa shape index (κ2) is 5.50. The van der Waals surface area contributed by atoms with Gasteiger partial charge in [0.05, 0.1) is 0 Å². The Morgan fingerprint density at radius 3 is 2.79 bits per heavy atom. The molecule has 1 atom stereocenters. The van der Waals surface area contributed by atoms with E-state index < -0.39 is 0 Å². The molecule has 0 N–H and O–H groups in total. The van der Waals surface area contributed by atoms with E-state index in [1.54, 1.807) is 0 Å². The van der Waals surface area contributed by atoms with Gasteiger partial charge in [-0.15, -0.1) is 0 Å². The van der Waals surface area contributed by atoms with Gasteiger partial charge in [0.25, 0.3) is 0 Å². The third kappa shape index (κ3) is 3.09. The molecule has 0 amide bonds. The molecule has 1 aliphatic heterocycles. The summed E-state index contributed by atoms with van der Waals surface area (Å²) in [5, 5.41) is 0. The van der Waals surface area contributed by atoms with E-state index >= 15 is 0 Å². The summed E-state index contributed by atoms with van der Waals surface area (Å²) in [6, 6.07) is 8.69. The maximum Gasteiger partial charge on any atom is 0.00504 e. The molecule has 19 heavy (non-hydrogen) atoms. The zero-order valence-electron chi connectivity index (χ0n) is 12.1. The van der Waals surface area contributed by atoms with Gasteiger partial charge in [-0.1, -0.05) is 30.8 Å². The maximum atomic E-state index is 4.41. The van der Waals surface area contributed by atoms with Gasteiger partial charge >= 0.3 is 0 Å². The predicted molar refractivity (Wildman–Crippen MR) is 82.1 cm³/mol. The summed E-state index contributed by atoms with van der Waals surface area (Å²) in [6.07, 6.45) is 5.57. The Balaban J connectivity index is 1.67. The number of hydrogen-bond donors (Lipinski definition) is 0. The van der Waals surface area contributed by atoms with E-state index in [2.05, 4.69) is 42.7 Å². The number of nitrogens with zero attached hydrogens (tertiary/aromatic N) is 1. The van der Waals surface area contributed by atoms with E-state index in [-0.39, 0.29) is 0 Å². The fourth-order valence-electron chi connectivity index (χ4n) is 3.32. The molecule has 1 heterocycles. The molecule has 3 rings (SSSR count). The molecule has 2 fully saturated rings. The first-order valence-corrected chi connectivity index (χ1v) is 7.71. The van der Waals surface area contributed by atoms with E-state index in [1.165, 1.54) is 62.0 Å². The largest absolute Gasteiger partial charge is 0.302 e. The molecule has 0 bridgehead atoms. The minimum absolute atomic E-state index is 0.661. The Hall–Kier alpha value is -1.08. The van der Waals surface area contributed by atoms with Crippen LogP contribution in [0.5, 0.6) is 0 Å². The average Bonchev–Trinajstić information content (AvgIpc) is 3.23. The van der Waals surface area contributed by atoms with Crippen molar-refractivity contribution in [3.63, 3.8) is 0 Å². The Bertz CT molecular complexity index is 459. The third-order valence-electron chi connectivity index (χ3n) is 4.70. The van der Waals surface area contributed by atoms with Crippen LogP contribution in [0.4, 0.5) is 0 Å². The smallest absolute Gasteiger partial charge is 0.00504 e. The normalized spacial score (nSPS) is 24.4. The van der Waals surface area contributed by atoms with E-state index in [0.29, 0.717) is 5.92 Å². The molecule has 1 aliphatic carbocycles. The fourth-order valence-corrected chi connectivity index (χ4v) is 3.32. The van der Waals surface area contributed by atoms with Crippen LogP contribution in [-0.4, -0.2) is 24.5 Å². The average molecular weight is 255 g/mol. The third-order valence-corrected chi connectivity index (χ3v) is 4.70. The van der Waals surface area contributed by atoms with Crippen LogP contribution >= 0.6 is 0 Å². The van der Waals surface area contributed by atoms with Gasteiger partial charge < -0.3 is 4.90 Å². The van der Waals surface area contributed by atoms with Crippen LogP contribution in [-0.2, 0) is 0 Å². The molecule has 2 aliphatic rings. The molecule has 102 valence electrons. The number of rotatable bonds is 4. The zero-order valence-corrected chi connectivity index (χ0v) is 12.1. The summed E-state index contributed by atoms with van der Waals surface area (Å²) in [6.45, 7) is 10.5. The monoisotopic (exact) mass is 255 g/mol. The van der Waals surface area contributed by atoms with Crippen LogP contribution in [0.1, 0.15) is 36.8 Å². The summed E-state index contributed by atoms with van der Waals surface area (Å²) >= 11 is 0. The Kier molecular flexibility index (Phi) is 3.74. The molecule has 1 aromatic carbocycles. The van der Waals surface area contributed by atoms with Crippen LogP contribution in [0, 0.1) is 18.8 Å². The van der Waals surface area contributed by atoms with E-state index in [0.717, 1.165) is 5.92 Å². The summed E-state index contributed by atoms with van der Waals surface area (Å²) < 4.78 is 0. The Morgan fingerprint density at radius 2 is 2.05 bits per heavy atom. The van der Waals surface area contributed by atoms with Crippen LogP contribution < -0.4 is 0 Å². The highest BCUT2D eigenvalue weighted by atomic mass is 15.1. The number of aryl methyl sites for hydroxylation is 1. The molecule has 1 aromatic rings. The van der Waals surface area contributed by atoms with Crippen LogP contribution in [0.15, 0.2) is 30.8 Å². The first kappa shape index (κ1) is 12.9. The summed E-state index contributed by atoms with van der Waals surface area (Å²) in [5.74, 6) is 1.67. The lowest BCUT2D eigenvalue weighted by molar-refractivity contribution is 0.193. The molecule has 1 nitrogen and oxygen atoms in total. The molecule has 0 radical (unpaired) electrons. The van der Waals surface area contributed by atoms with Crippen molar-refractivity contribution in [2.24, 2.45) is 11.8 Å². The number of piperidine rings is 1. The minimum Gasteiger partial charge on any atom is -0.302 e. The lowest BCUT2D eigenvalue weighted by atomic mass is 9.85. The van der Waals surface area contributed by atoms with Gasteiger partial charge in [0, 0.05) is 13.1 Å². The molecule has 0 aromatic heterocycles. The zero-order chi connectivity index (χ0) is 13.2. The van der Waals surface area contributed by atoms with Gasteiger partial charge in [0.15, 0.2) is 0 Å². The molecule has 1 heteroatoms. The highest BCUT2D eigenvalue weighted by Crippen LogP contribution is 2.34. The molecular weight excluding hydrogens is 230 g/mol. The van der Waals surface area contributed by atoms with Crippen molar-refractivity contribution in [3.8, 4) is 0 Å². The van der Waals surface area contributed by atoms with Gasteiger partial charge in [-0.2, -0.15) is 0 Å². The van der Waals surface area contributed by atoms with Crippen LogP contribution in [0.3, 0.4) is 0 Å². The Labute approximate surface area is 117 Å². The van der Waals surface area contributed by atoms with Gasteiger partial charge in [-0.25, -0.2) is 0 Å². The van der Waals surface area contributed by atoms with E-state index in [4.69, 9.17) is 0 Å². The van der Waals surface area contributed by atoms with Crippen LogP contribution in [0.2, 0.25) is 0 Å². The van der Waals surface area contributed by atoms with Crippen molar-refractivity contribution in [1.82, 2.24) is 4.90 Å². The van der Waals surface area contributed by atoms with Crippen molar-refractivity contribution in [2.45, 2.75) is 32.6 Å². The minimum atomic E-state index is 0.661. The van der Waals surface area contributed by atoms with E-state index in [1.807, 2.05) is 0 Å². The molecule has 0 spiro atoms. The molecular formula is C18H25N. The van der Waals surface area contributed by atoms with Crippen LogP contribution in [0.25, 0.3) is 5.57 Å². The van der Waals surface area contributed by atoms with E-state index in [9.17, 15) is 0 Å². The van der Waals surface area contributed by atoms with Gasteiger partial charge in [0.1, 0.15) is 0 Å². The number of benzene rings is 1. The van der Waals surface area contributed by atoms with Crippen molar-refractivity contribution in [1.29, 1.82) is 0 Å². The Morgan fingerprint density at radius 1 is 1.26 bits per heavy atom. The lowest BCUT2D eigenvalue weighted by Gasteiger charge is -2.34. The lowest BCUT2D eigenvalue weighted by Crippen LogP contribution is -2.37. The summed E-state index contributed by atoms with van der Waals surface area (Å²) in [5.41, 5.74) is 4.10. The van der Waals surface area contributed by atoms with Crippen molar-refractivity contribution in [2.75, 3.05) is 19.6 Å². The summed E-state index contributed by atoms with van der Waals surface area (Å²) in [7, 11) is 0. The highest BCUT2D eigenvalue weighted by Gasteiger charge is 2.28. The fraction of sp³-hybridized carbons (Fsp3) is 0.556. The highest BCUT2D eigenvalue weighted by molar-refractivity contribution is 5.68. The van der Waals surface area contributed by atoms with Gasteiger partial charge in [-0.3, -0.25) is 0 Å². The number of likely N-dealkylation sites (tertiary alicyclic amines) is 1. The van der Waals surface area contributed by atoms with Crippen molar-refractivity contribution < 1.29 is 0 Å². The molecule has 1 saturated heterocycles. The second-order valence-corrected chi connectivity index (χ2v) is 6.38.